The van der Waals surface area contributed by atoms with Gasteiger partial charge in [0.1, 0.15) is 0 Å². The Kier molecular flexibility index (Phi) is 166. The molecule has 92 valence electrons. The molecule has 0 amide bonds. The largest absolute Gasteiger partial charge is 8.00 e. The molecule has 0 aliphatic carbocycles. The van der Waals surface area contributed by atoms with Crippen LogP contribution in [0.15, 0.2) is 0 Å². The Morgan fingerprint density at radius 3 is 1.00 bits per heavy atom. The third-order valence-corrected chi connectivity index (χ3v) is 0. The Labute approximate surface area is 99.7 Å². The van der Waals surface area contributed by atoms with Crippen molar-refractivity contribution in [2.24, 2.45) is 0 Å². The number of halogens is 1. The predicted molar refractivity (Wildman–Crippen MR) is 44.3 cm³/mol. The Morgan fingerprint density at radius 2 is 1.00 bits per heavy atom. The van der Waals surface area contributed by atoms with Gasteiger partial charge in [0, 0.05) is 0 Å². The van der Waals surface area contributed by atoms with Crippen LogP contribution in [0.3, 0.4) is 0 Å². The summed E-state index contributed by atoms with van der Waals surface area (Å²) in [6.45, 7) is 5.50. The van der Waals surface area contributed by atoms with Gasteiger partial charge in [-0.2, -0.15) is 20.4 Å². The summed E-state index contributed by atoms with van der Waals surface area (Å²) in [5.41, 5.74) is 0. The van der Waals surface area contributed by atoms with E-state index in [0.717, 1.165) is 6.42 Å². The summed E-state index contributed by atoms with van der Waals surface area (Å²) in [6, 6.07) is 0. The fourth-order valence-corrected chi connectivity index (χ4v) is 0. The van der Waals surface area contributed by atoms with Crippen molar-refractivity contribution in [2.75, 3.05) is 0 Å². The van der Waals surface area contributed by atoms with Crippen LogP contribution >= 0.6 is 0 Å². The van der Waals surface area contributed by atoms with E-state index in [1.54, 1.807) is 0 Å². The molecule has 0 aliphatic heterocycles. The number of nitrogens with two attached hydrogens (primary N) is 5. The molecule has 0 saturated heterocycles. The molecule has 9 nitrogen and oxygen atoms in total. The van der Waals surface area contributed by atoms with Gasteiger partial charge in [0.15, 0.2) is 0 Å². The summed E-state index contributed by atoms with van der Waals surface area (Å²) in [5.74, 6) is 0. The summed E-state index contributed by atoms with van der Waals surface area (Å²) < 4.78 is 32.7. The molecule has 0 bridgehead atoms. The SMILES string of the molecule is [CH2-]CC.[NH2-].[NH2-].[NH2-].[NH2-].[NH2-].[O-][Cl+3]([O-])([O-])O.[Ru+8]. The van der Waals surface area contributed by atoms with Crippen LogP contribution in [-0.2, 0) is 19.5 Å². The van der Waals surface area contributed by atoms with Crippen LogP contribution in [0.5, 0.6) is 0 Å². The van der Waals surface area contributed by atoms with Crippen LogP contribution in [0.4, 0.5) is 0 Å². The molecule has 0 heterocycles. The minimum Gasteiger partial charge on any atom is -0.693 e. The zero-order chi connectivity index (χ0) is 7.21. The Balaban J connectivity index is -0.00000000626. The van der Waals surface area contributed by atoms with E-state index in [9.17, 15) is 0 Å². The third-order valence-electron chi connectivity index (χ3n) is 0. The third kappa shape index (κ3) is 5470. The summed E-state index contributed by atoms with van der Waals surface area (Å²) >= 11 is 0. The fourth-order valence-electron chi connectivity index (χ4n) is 0. The molecule has 0 atom stereocenters. The molecule has 0 aromatic carbocycles. The molecule has 0 radical (unpaired) electrons. The Hall–Kier alpha value is 0.553. The predicted octanol–water partition coefficient (Wildman–Crippen LogP) is 0.689. The maximum atomic E-state index is 8.60. The molecular formula is C3H18ClN5O4Ru+2. The van der Waals surface area contributed by atoms with Crippen molar-refractivity contribution in [3.63, 3.8) is 0 Å². The van der Waals surface area contributed by atoms with E-state index in [1.165, 1.54) is 0 Å². The second-order valence-corrected chi connectivity index (χ2v) is 1.69. The fraction of sp³-hybridized carbons (Fsp3) is 0.667. The topological polar surface area (TPSA) is 257 Å². The first-order valence-corrected chi connectivity index (χ1v) is 3.10. The standard InChI is InChI=1S/C3H7.ClHO4.5H2N.Ru/c1-3-2;2-1(3,4)5;;;;;;/h1,3H2,2H3;(H,2,3,4,5);5*1H2;/q-1;;5*-1;+8. The average molecular weight is 325 g/mol. The van der Waals surface area contributed by atoms with Gasteiger partial charge in [-0.25, -0.2) is 0 Å². The monoisotopic (exact) mass is 325 g/mol. The maximum absolute atomic E-state index is 8.60. The van der Waals surface area contributed by atoms with Gasteiger partial charge >= 0.3 is 19.5 Å². The first-order chi connectivity index (χ1) is 3.41. The van der Waals surface area contributed by atoms with Crippen LogP contribution in [0.25, 0.3) is 30.8 Å². The smallest absolute Gasteiger partial charge is 0.693 e. The Morgan fingerprint density at radius 1 is 1.00 bits per heavy atom. The molecule has 0 spiro atoms. The van der Waals surface area contributed by atoms with Crippen molar-refractivity contribution in [1.82, 2.24) is 0 Å². The van der Waals surface area contributed by atoms with Crippen molar-refractivity contribution in [1.29, 1.82) is 0 Å². The van der Waals surface area contributed by atoms with Gasteiger partial charge in [0.25, 0.3) is 0 Å². The Bertz CT molecular complexity index is 52.7. The zero-order valence-electron chi connectivity index (χ0n) is 7.70. The van der Waals surface area contributed by atoms with Crippen LogP contribution in [0, 0.1) is 17.2 Å². The van der Waals surface area contributed by atoms with Gasteiger partial charge in [0.2, 0.25) is 0 Å². The van der Waals surface area contributed by atoms with Crippen LogP contribution < -0.4 is 14.0 Å². The van der Waals surface area contributed by atoms with Gasteiger partial charge in [-0.05, 0) is 0 Å². The van der Waals surface area contributed by atoms with E-state index >= 15 is 0 Å². The summed E-state index contributed by atoms with van der Waals surface area (Å²) in [5, 5.41) is 0. The van der Waals surface area contributed by atoms with Crippen molar-refractivity contribution < 1.29 is 48.4 Å². The molecule has 0 aliphatic rings. The van der Waals surface area contributed by atoms with E-state index in [1.807, 2.05) is 6.92 Å². The normalized spacial score (nSPS) is 5.57. The summed E-state index contributed by atoms with van der Waals surface area (Å²) in [6.07, 6.45) is 1.00. The van der Waals surface area contributed by atoms with E-state index < -0.39 is 10.2 Å². The molecule has 0 unspecified atom stereocenters. The van der Waals surface area contributed by atoms with E-state index in [0.29, 0.717) is 0 Å². The molecule has 0 aromatic rings. The van der Waals surface area contributed by atoms with Crippen molar-refractivity contribution in [3.05, 3.63) is 37.7 Å². The van der Waals surface area contributed by atoms with Crippen LogP contribution in [-0.4, -0.2) is 4.66 Å². The second kappa shape index (κ2) is 37.4. The van der Waals surface area contributed by atoms with Crippen LogP contribution in [0.1, 0.15) is 13.3 Å². The van der Waals surface area contributed by atoms with Gasteiger partial charge in [-0.3, -0.25) is 0 Å². The van der Waals surface area contributed by atoms with E-state index in [-0.39, 0.29) is 50.2 Å². The van der Waals surface area contributed by atoms with E-state index in [4.69, 9.17) is 18.6 Å². The first kappa shape index (κ1) is 62.2. The molecule has 0 aromatic heterocycles. The summed E-state index contributed by atoms with van der Waals surface area (Å²) in [4.78, 5) is 0. The maximum Gasteiger partial charge on any atom is 8.00 e. The molecule has 0 saturated carbocycles. The number of rotatable bonds is 0. The minimum absolute atomic E-state index is 0. The first-order valence-electron chi connectivity index (χ1n) is 1.84. The molecule has 0 rings (SSSR count). The van der Waals surface area contributed by atoms with Crippen molar-refractivity contribution >= 4 is 0 Å². The molecule has 11 N–H and O–H groups in total. The van der Waals surface area contributed by atoms with Crippen molar-refractivity contribution in [2.45, 2.75) is 13.3 Å². The van der Waals surface area contributed by atoms with Gasteiger partial charge in [-0.15, -0.1) is 0 Å². The van der Waals surface area contributed by atoms with Crippen LogP contribution in [0.2, 0.25) is 0 Å². The molecule has 0 fully saturated rings. The average Bonchev–Trinajstić information content (AvgIpc) is 1.27. The molecule has 14 heavy (non-hydrogen) atoms. The van der Waals surface area contributed by atoms with Gasteiger partial charge in [-0.1, -0.05) is 6.92 Å². The van der Waals surface area contributed by atoms with Crippen molar-refractivity contribution in [3.8, 4) is 0 Å². The minimum atomic E-state index is -4.69. The molecule has 11 heteroatoms. The second-order valence-electron chi connectivity index (χ2n) is 0.896. The summed E-state index contributed by atoms with van der Waals surface area (Å²) in [7, 11) is -4.69. The van der Waals surface area contributed by atoms with E-state index in [2.05, 4.69) is 6.92 Å². The quantitative estimate of drug-likeness (QED) is 0.497. The van der Waals surface area contributed by atoms with Gasteiger partial charge in [0.05, 0.1) is 14.9 Å². The molecular weight excluding hydrogens is 307 g/mol. The van der Waals surface area contributed by atoms with Gasteiger partial charge < -0.3 is 37.7 Å². The number of hydrogen-bond acceptors (Lipinski definition) is 4. The number of hydrogen-bond donors (Lipinski definition) is 1. The zero-order valence-corrected chi connectivity index (χ0v) is 10.2.